The Hall–Kier alpha value is -4.77. The van der Waals surface area contributed by atoms with Crippen molar-refractivity contribution in [1.82, 2.24) is 0 Å². The largest absolute Gasteiger partial charge is 0.467 e. The van der Waals surface area contributed by atoms with Gasteiger partial charge in [-0.2, -0.15) is 0 Å². The molecule has 0 saturated carbocycles. The lowest BCUT2D eigenvalue weighted by Crippen LogP contribution is -2.63. The molecule has 1 aromatic carbocycles. The van der Waals surface area contributed by atoms with E-state index < -0.39 is 54.4 Å². The highest BCUT2D eigenvalue weighted by Gasteiger charge is 2.54. The number of esters is 4. The minimum absolute atomic E-state index is 0.102. The first-order valence-corrected chi connectivity index (χ1v) is 17.1. The Labute approximate surface area is 300 Å². The summed E-state index contributed by atoms with van der Waals surface area (Å²) in [6.07, 6.45) is 8.87. The van der Waals surface area contributed by atoms with Crippen LogP contribution in [0.2, 0.25) is 0 Å². The zero-order valence-electron chi connectivity index (χ0n) is 31.1. The topological polar surface area (TPSA) is 144 Å². The molecule has 0 unspecified atom stereocenters. The van der Waals surface area contributed by atoms with Crippen molar-refractivity contribution in [3.8, 4) is 0 Å². The summed E-state index contributed by atoms with van der Waals surface area (Å²) in [7, 11) is 1.14. The quantitative estimate of drug-likeness (QED) is 0.112. The summed E-state index contributed by atoms with van der Waals surface area (Å²) in [6.45, 7) is 14.1. The smallest absolute Gasteiger partial charge is 0.339 e. The molecule has 3 rings (SSSR count). The van der Waals surface area contributed by atoms with E-state index in [1.165, 1.54) is 37.0 Å². The first-order valence-electron chi connectivity index (χ1n) is 17.1. The maximum absolute atomic E-state index is 12.8. The van der Waals surface area contributed by atoms with Gasteiger partial charge >= 0.3 is 23.9 Å². The minimum Gasteiger partial charge on any atom is -0.467 e. The van der Waals surface area contributed by atoms with Gasteiger partial charge in [0.15, 0.2) is 24.4 Å². The molecule has 1 fully saturated rings. The van der Waals surface area contributed by atoms with Gasteiger partial charge in [0.1, 0.15) is 6.10 Å². The minimum atomic E-state index is -1.46. The van der Waals surface area contributed by atoms with Crippen molar-refractivity contribution in [3.05, 3.63) is 88.6 Å². The molecule has 0 aromatic heterocycles. The summed E-state index contributed by atoms with van der Waals surface area (Å²) in [5.41, 5.74) is 6.15. The van der Waals surface area contributed by atoms with E-state index in [4.69, 9.17) is 23.7 Å². The second-order valence-electron chi connectivity index (χ2n) is 13.7. The van der Waals surface area contributed by atoms with E-state index in [0.717, 1.165) is 38.5 Å². The van der Waals surface area contributed by atoms with E-state index >= 15 is 0 Å². The highest BCUT2D eigenvalue weighted by molar-refractivity contribution is 6.00. The van der Waals surface area contributed by atoms with Gasteiger partial charge in [-0.15, -0.1) is 0 Å². The fraction of sp³-hybridized carbons (Fsp3) is 0.475. The zero-order valence-corrected chi connectivity index (χ0v) is 31.1. The number of carbonyl (C=O) groups is 5. The van der Waals surface area contributed by atoms with E-state index in [9.17, 15) is 24.0 Å². The van der Waals surface area contributed by atoms with Crippen molar-refractivity contribution in [2.75, 3.05) is 12.4 Å². The molecule has 5 atom stereocenters. The molecule has 11 heteroatoms. The Morgan fingerprint density at radius 3 is 2.06 bits per heavy atom. The number of carbonyl (C=O) groups excluding carboxylic acids is 5. The fourth-order valence-corrected chi connectivity index (χ4v) is 6.39. The van der Waals surface area contributed by atoms with Gasteiger partial charge in [0.25, 0.3) is 0 Å². The lowest BCUT2D eigenvalue weighted by molar-refractivity contribution is -0.248. The summed E-state index contributed by atoms with van der Waals surface area (Å²) in [4.78, 5) is 61.5. The van der Waals surface area contributed by atoms with E-state index in [-0.39, 0.29) is 17.7 Å². The van der Waals surface area contributed by atoms with Crippen molar-refractivity contribution in [1.29, 1.82) is 0 Å². The lowest BCUT2D eigenvalue weighted by Gasteiger charge is -2.43. The highest BCUT2D eigenvalue weighted by Crippen LogP contribution is 2.41. The van der Waals surface area contributed by atoms with Crippen LogP contribution in [0.1, 0.15) is 80.2 Å². The Balaban J connectivity index is 1.70. The third-order valence-electron chi connectivity index (χ3n) is 8.76. The number of rotatable bonds is 12. The number of hydrogen-bond acceptors (Lipinski definition) is 10. The van der Waals surface area contributed by atoms with E-state index in [0.29, 0.717) is 11.3 Å². The van der Waals surface area contributed by atoms with Crippen molar-refractivity contribution >= 4 is 35.5 Å². The maximum atomic E-state index is 12.8. The molecule has 11 nitrogen and oxygen atoms in total. The van der Waals surface area contributed by atoms with Crippen molar-refractivity contribution in [2.24, 2.45) is 5.41 Å². The summed E-state index contributed by atoms with van der Waals surface area (Å²) in [5, 5.41) is 2.84. The zero-order chi connectivity index (χ0) is 37.9. The fourth-order valence-electron chi connectivity index (χ4n) is 6.39. The normalized spacial score (nSPS) is 23.9. The van der Waals surface area contributed by atoms with Crippen LogP contribution in [-0.2, 0) is 54.1 Å². The Bertz CT molecular complexity index is 1610. The standard InChI is InChI=1S/C40H51NO10/c1-24(15-20-32-26(3)14-11-21-40(32,7)8)12-10-13-25(2)22-34(45)41-31-18-16-30(17-19-31)23-33-35(48-27(4)42)36(49-28(5)43)37(50-29(6)44)38(51-33)39(46)47-9/h10,12-13,15-20,22,33,35-38H,11,14,21,23H2,1-9H3,(H,41,45)/b13-10+,20-15+,24-12+,25-22+/t33-,35-,36+,37-,38-/m0/s1. The van der Waals surface area contributed by atoms with Crippen LogP contribution in [0.5, 0.6) is 0 Å². The molecule has 2 aliphatic rings. The molecule has 1 heterocycles. The van der Waals surface area contributed by atoms with Gasteiger partial charge in [0.05, 0.1) is 7.11 Å². The van der Waals surface area contributed by atoms with Gasteiger partial charge in [0, 0.05) is 39.0 Å². The first kappa shape index (κ1) is 40.7. The Kier molecular flexibility index (Phi) is 14.7. The van der Waals surface area contributed by atoms with Crippen molar-refractivity contribution in [2.45, 2.75) is 112 Å². The SMILES string of the molecule is COC(=O)[C@H]1O[C@@H](Cc2ccc(NC(=O)/C=C(C)/C=C/C=C(C)/C=C/C3=C(C)CCCC3(C)C)cc2)[C@H](OC(C)=O)[C@@H](OC(C)=O)[C@@H]1OC(C)=O. The summed E-state index contributed by atoms with van der Waals surface area (Å²) < 4.78 is 27.1. The number of allylic oxidation sites excluding steroid dienone is 9. The van der Waals surface area contributed by atoms with Crippen molar-refractivity contribution < 1.29 is 47.7 Å². The summed E-state index contributed by atoms with van der Waals surface area (Å²) in [5.74, 6) is -3.38. The third-order valence-corrected chi connectivity index (χ3v) is 8.76. The molecule has 1 N–H and O–H groups in total. The molecule has 1 amide bonds. The van der Waals surface area contributed by atoms with Gasteiger partial charge in [-0.3, -0.25) is 19.2 Å². The number of nitrogens with one attached hydrogen (secondary N) is 1. The molecular formula is C40H51NO10. The maximum Gasteiger partial charge on any atom is 0.339 e. The van der Waals surface area contributed by atoms with Crippen LogP contribution >= 0.6 is 0 Å². The molecule has 276 valence electrons. The van der Waals surface area contributed by atoms with Crippen LogP contribution < -0.4 is 5.32 Å². The average molecular weight is 706 g/mol. The van der Waals surface area contributed by atoms with E-state index in [1.54, 1.807) is 24.3 Å². The van der Waals surface area contributed by atoms with Crippen LogP contribution in [0.25, 0.3) is 0 Å². The Morgan fingerprint density at radius 2 is 1.47 bits per heavy atom. The van der Waals surface area contributed by atoms with Gasteiger partial charge in [-0.25, -0.2) is 4.79 Å². The van der Waals surface area contributed by atoms with Gasteiger partial charge in [-0.1, -0.05) is 67.5 Å². The number of amides is 1. The van der Waals surface area contributed by atoms with Gasteiger partial charge in [-0.05, 0) is 74.3 Å². The predicted molar refractivity (Wildman–Crippen MR) is 192 cm³/mol. The number of hydrogen-bond donors (Lipinski definition) is 1. The second kappa shape index (κ2) is 18.5. The Morgan fingerprint density at radius 1 is 0.863 bits per heavy atom. The van der Waals surface area contributed by atoms with Crippen molar-refractivity contribution in [3.63, 3.8) is 0 Å². The van der Waals surface area contributed by atoms with Gasteiger partial charge < -0.3 is 29.0 Å². The third kappa shape index (κ3) is 12.2. The van der Waals surface area contributed by atoms with E-state index in [1.807, 2.05) is 32.1 Å². The average Bonchev–Trinajstić information content (AvgIpc) is 3.03. The summed E-state index contributed by atoms with van der Waals surface area (Å²) >= 11 is 0. The molecule has 0 bridgehead atoms. The van der Waals surface area contributed by atoms with E-state index in [2.05, 4.69) is 38.2 Å². The molecular weight excluding hydrogens is 654 g/mol. The molecule has 0 spiro atoms. The van der Waals surface area contributed by atoms with Gasteiger partial charge in [0.2, 0.25) is 5.91 Å². The number of ether oxygens (including phenoxy) is 5. The molecule has 1 saturated heterocycles. The number of benzene rings is 1. The monoisotopic (exact) mass is 705 g/mol. The molecule has 51 heavy (non-hydrogen) atoms. The molecule has 1 aromatic rings. The van der Waals surface area contributed by atoms with Crippen LogP contribution in [0.3, 0.4) is 0 Å². The number of methoxy groups -OCH3 is 1. The van der Waals surface area contributed by atoms with Crippen LogP contribution in [0.15, 0.2) is 83.0 Å². The lowest BCUT2D eigenvalue weighted by atomic mass is 9.72. The predicted octanol–water partition coefficient (Wildman–Crippen LogP) is 6.43. The van der Waals surface area contributed by atoms with Crippen LogP contribution in [-0.4, -0.2) is 67.4 Å². The summed E-state index contributed by atoms with van der Waals surface area (Å²) in [6, 6.07) is 6.86. The first-order chi connectivity index (χ1) is 24.0. The molecule has 1 aliphatic carbocycles. The number of anilines is 1. The van der Waals surface area contributed by atoms with Crippen LogP contribution in [0.4, 0.5) is 5.69 Å². The molecule has 1 aliphatic heterocycles. The highest BCUT2D eigenvalue weighted by atomic mass is 16.7. The van der Waals surface area contributed by atoms with Crippen LogP contribution in [0, 0.1) is 5.41 Å². The molecule has 0 radical (unpaired) electrons. The second-order valence-corrected chi connectivity index (χ2v) is 13.7.